The Morgan fingerprint density at radius 2 is 1.73 bits per heavy atom. The van der Waals surface area contributed by atoms with Gasteiger partial charge in [0.05, 0.1) is 0 Å². The monoisotopic (exact) mass is 416 g/mol. The number of hydrogen-bond donors (Lipinski definition) is 4. The van der Waals surface area contributed by atoms with Crippen molar-refractivity contribution >= 4 is 11.8 Å². The van der Waals surface area contributed by atoms with Crippen LogP contribution in [-0.4, -0.2) is 34.6 Å². The van der Waals surface area contributed by atoms with Gasteiger partial charge in [-0.15, -0.1) is 0 Å². The molecular formula is C24H36N2O4. The van der Waals surface area contributed by atoms with Crippen LogP contribution in [0.1, 0.15) is 70.7 Å². The van der Waals surface area contributed by atoms with Crippen molar-refractivity contribution in [3.8, 4) is 11.5 Å². The van der Waals surface area contributed by atoms with Crippen molar-refractivity contribution in [1.82, 2.24) is 10.6 Å². The van der Waals surface area contributed by atoms with Crippen molar-refractivity contribution in [2.45, 2.75) is 66.3 Å². The average Bonchev–Trinajstić information content (AvgIpc) is 2.62. The second-order valence-corrected chi connectivity index (χ2v) is 10.2. The number of carbonyl (C=O) groups excluding carboxylic acids is 2. The molecule has 0 aliphatic heterocycles. The molecule has 5 atom stereocenters. The summed E-state index contributed by atoms with van der Waals surface area (Å²) >= 11 is 0. The van der Waals surface area contributed by atoms with Crippen LogP contribution in [0.25, 0.3) is 0 Å². The largest absolute Gasteiger partial charge is 0.508 e. The normalized spacial score (nSPS) is 32.7. The smallest absolute Gasteiger partial charge is 0.315 e. The zero-order valence-electron chi connectivity index (χ0n) is 18.8. The fraction of sp³-hybridized carbons (Fsp3) is 0.667. The highest BCUT2D eigenvalue weighted by molar-refractivity contribution is 5.99. The van der Waals surface area contributed by atoms with E-state index in [0.717, 1.165) is 25.7 Å². The molecule has 2 aliphatic carbocycles. The highest BCUT2D eigenvalue weighted by Gasteiger charge is 2.58. The van der Waals surface area contributed by atoms with Gasteiger partial charge in [-0.25, -0.2) is 4.79 Å². The summed E-state index contributed by atoms with van der Waals surface area (Å²) in [5.41, 5.74) is 0.179. The summed E-state index contributed by atoms with van der Waals surface area (Å²) in [6.45, 7) is 11.2. The lowest BCUT2D eigenvalue weighted by Gasteiger charge is -2.60. The van der Waals surface area contributed by atoms with Gasteiger partial charge in [-0.05, 0) is 61.0 Å². The number of Topliss-reactive ketones (excluding diaryl/α,β-unsaturated/α-hetero) is 1. The van der Waals surface area contributed by atoms with Crippen molar-refractivity contribution in [1.29, 1.82) is 0 Å². The van der Waals surface area contributed by atoms with E-state index in [0.29, 0.717) is 12.1 Å². The van der Waals surface area contributed by atoms with Crippen LogP contribution in [0.4, 0.5) is 4.79 Å². The summed E-state index contributed by atoms with van der Waals surface area (Å²) in [6.07, 6.45) is 3.97. The molecule has 0 aromatic heterocycles. The number of aromatic hydroxyl groups is 2. The van der Waals surface area contributed by atoms with Crippen LogP contribution in [0.5, 0.6) is 11.5 Å². The third-order valence-electron chi connectivity index (χ3n) is 7.76. The van der Waals surface area contributed by atoms with E-state index < -0.39 is 0 Å². The highest BCUT2D eigenvalue weighted by Crippen LogP contribution is 2.61. The van der Waals surface area contributed by atoms with Gasteiger partial charge in [0.1, 0.15) is 11.5 Å². The van der Waals surface area contributed by atoms with Gasteiger partial charge >= 0.3 is 6.03 Å². The summed E-state index contributed by atoms with van der Waals surface area (Å²) in [5, 5.41) is 25.8. The molecule has 6 nitrogen and oxygen atoms in total. The molecule has 2 aliphatic rings. The first-order chi connectivity index (χ1) is 14.0. The lowest BCUT2D eigenvalue weighted by atomic mass is 9.45. The van der Waals surface area contributed by atoms with E-state index in [4.69, 9.17) is 0 Å². The minimum atomic E-state index is -0.316. The number of amides is 2. The molecule has 4 N–H and O–H groups in total. The predicted octanol–water partition coefficient (Wildman–Crippen LogP) is 4.46. The third-order valence-corrected chi connectivity index (χ3v) is 7.76. The summed E-state index contributed by atoms with van der Waals surface area (Å²) in [7, 11) is 0. The van der Waals surface area contributed by atoms with Gasteiger partial charge in [-0.2, -0.15) is 0 Å². The highest BCUT2D eigenvalue weighted by atomic mass is 16.3. The van der Waals surface area contributed by atoms with E-state index in [1.807, 2.05) is 13.8 Å². The standard InChI is InChI=1S/C24H36N2O4/c1-6-25-22(30)26-18-13-19-23(3,4)8-7-9-24(19,5)20(14(18)2)21(29)15-10-16(27)12-17(28)11-15/h10-12,14,18-20,27-28H,6-9,13H2,1-5H3,(H2,25,26,30)/t14-,18-,19+,20-,24+/m1/s1. The van der Waals surface area contributed by atoms with Gasteiger partial charge in [-0.1, -0.05) is 34.1 Å². The van der Waals surface area contributed by atoms with Gasteiger partial charge < -0.3 is 20.8 Å². The van der Waals surface area contributed by atoms with Gasteiger partial charge in [-0.3, -0.25) is 4.79 Å². The van der Waals surface area contributed by atoms with E-state index in [9.17, 15) is 19.8 Å². The summed E-state index contributed by atoms with van der Waals surface area (Å²) in [5.74, 6) is -0.416. The Morgan fingerprint density at radius 3 is 2.33 bits per heavy atom. The molecule has 6 heteroatoms. The van der Waals surface area contributed by atoms with Crippen LogP contribution in [0.3, 0.4) is 0 Å². The maximum Gasteiger partial charge on any atom is 0.315 e. The van der Waals surface area contributed by atoms with Crippen molar-refractivity contribution in [3.05, 3.63) is 23.8 Å². The zero-order chi connectivity index (χ0) is 22.3. The first-order valence-electron chi connectivity index (χ1n) is 11.1. The fourth-order valence-electron chi connectivity index (χ4n) is 6.45. The average molecular weight is 417 g/mol. The lowest BCUT2D eigenvalue weighted by molar-refractivity contribution is -0.0898. The number of urea groups is 1. The molecule has 2 saturated carbocycles. The SMILES string of the molecule is CCNC(=O)N[C@@H]1C[C@H]2C(C)(C)CCC[C@]2(C)[C@@H](C(=O)c2cc(O)cc(O)c2)[C@@H]1C. The number of phenols is 2. The Morgan fingerprint density at radius 1 is 1.10 bits per heavy atom. The number of fused-ring (bicyclic) bond motifs is 1. The van der Waals surface area contributed by atoms with Crippen molar-refractivity contribution in [2.75, 3.05) is 6.54 Å². The number of ketones is 1. The quantitative estimate of drug-likeness (QED) is 0.545. The van der Waals surface area contributed by atoms with E-state index in [2.05, 4.69) is 31.4 Å². The van der Waals surface area contributed by atoms with Crippen LogP contribution in [-0.2, 0) is 0 Å². The van der Waals surface area contributed by atoms with Crippen LogP contribution in [0.2, 0.25) is 0 Å². The van der Waals surface area contributed by atoms with E-state index in [1.165, 1.54) is 18.2 Å². The number of rotatable bonds is 4. The van der Waals surface area contributed by atoms with E-state index in [1.54, 1.807) is 0 Å². The molecular weight excluding hydrogens is 380 g/mol. The molecule has 3 rings (SSSR count). The number of hydrogen-bond acceptors (Lipinski definition) is 4. The predicted molar refractivity (Wildman–Crippen MR) is 117 cm³/mol. The maximum atomic E-state index is 13.8. The molecule has 0 heterocycles. The molecule has 0 saturated heterocycles. The number of phenolic OH excluding ortho intramolecular Hbond substituents is 2. The Balaban J connectivity index is 2.03. The van der Waals surface area contributed by atoms with E-state index in [-0.39, 0.29) is 57.9 Å². The molecule has 0 bridgehead atoms. The minimum absolute atomic E-state index is 0.0633. The summed E-state index contributed by atoms with van der Waals surface area (Å²) in [6, 6.07) is 3.78. The molecule has 166 valence electrons. The van der Waals surface area contributed by atoms with E-state index >= 15 is 0 Å². The van der Waals surface area contributed by atoms with Crippen molar-refractivity contribution in [3.63, 3.8) is 0 Å². The molecule has 2 fully saturated rings. The van der Waals surface area contributed by atoms with Crippen LogP contribution >= 0.6 is 0 Å². The number of benzene rings is 1. The van der Waals surface area contributed by atoms with Gasteiger partial charge in [0.15, 0.2) is 5.78 Å². The Bertz CT molecular complexity index is 801. The molecule has 2 amide bonds. The Hall–Kier alpha value is -2.24. The maximum absolute atomic E-state index is 13.8. The number of nitrogens with one attached hydrogen (secondary N) is 2. The molecule has 0 unspecified atom stereocenters. The minimum Gasteiger partial charge on any atom is -0.508 e. The summed E-state index contributed by atoms with van der Waals surface area (Å²) in [4.78, 5) is 26.1. The van der Waals surface area contributed by atoms with Gasteiger partial charge in [0, 0.05) is 30.1 Å². The molecule has 30 heavy (non-hydrogen) atoms. The molecule has 0 radical (unpaired) electrons. The summed E-state index contributed by atoms with van der Waals surface area (Å²) < 4.78 is 0. The Labute approximate surface area is 179 Å². The van der Waals surface area contributed by atoms with Crippen LogP contribution in [0.15, 0.2) is 18.2 Å². The van der Waals surface area contributed by atoms with Crippen molar-refractivity contribution in [2.24, 2.45) is 28.6 Å². The second-order valence-electron chi connectivity index (χ2n) is 10.2. The van der Waals surface area contributed by atoms with Crippen molar-refractivity contribution < 1.29 is 19.8 Å². The first kappa shape index (κ1) is 22.4. The molecule has 0 spiro atoms. The number of carbonyl (C=O) groups is 2. The Kier molecular flexibility index (Phi) is 6.08. The topological polar surface area (TPSA) is 98.7 Å². The van der Waals surface area contributed by atoms with Crippen LogP contribution < -0.4 is 10.6 Å². The second kappa shape index (κ2) is 8.12. The molecule has 1 aromatic rings. The van der Waals surface area contributed by atoms with Gasteiger partial charge in [0.25, 0.3) is 0 Å². The zero-order valence-corrected chi connectivity index (χ0v) is 18.8. The van der Waals surface area contributed by atoms with Gasteiger partial charge in [0.2, 0.25) is 0 Å². The lowest BCUT2D eigenvalue weighted by Crippen LogP contribution is -2.61. The van der Waals surface area contributed by atoms with Crippen LogP contribution in [0, 0.1) is 28.6 Å². The third kappa shape index (κ3) is 4.01. The fourth-order valence-corrected chi connectivity index (χ4v) is 6.45. The molecule has 1 aromatic carbocycles. The first-order valence-corrected chi connectivity index (χ1v) is 11.1.